The Morgan fingerprint density at radius 1 is 1.32 bits per heavy atom. The van der Waals surface area contributed by atoms with Crippen LogP contribution in [0.5, 0.6) is 0 Å². The Kier molecular flexibility index (Phi) is 6.79. The van der Waals surface area contributed by atoms with Gasteiger partial charge in [-0.2, -0.15) is 0 Å². The normalized spacial score (nSPS) is 18.6. The maximum Gasteiger partial charge on any atom is 0.250 e. The predicted molar refractivity (Wildman–Crippen MR) is 84.4 cm³/mol. The first-order chi connectivity index (χ1) is 10.7. The van der Waals surface area contributed by atoms with Gasteiger partial charge < -0.3 is 20.9 Å². The molecule has 1 saturated heterocycles. The van der Waals surface area contributed by atoms with Crippen LogP contribution in [0, 0.1) is 0 Å². The van der Waals surface area contributed by atoms with Crippen molar-refractivity contribution >= 4 is 5.91 Å². The highest BCUT2D eigenvalue weighted by Crippen LogP contribution is 2.04. The lowest BCUT2D eigenvalue weighted by molar-refractivity contribution is -0.130. The van der Waals surface area contributed by atoms with Gasteiger partial charge in [0.1, 0.15) is 6.10 Å². The van der Waals surface area contributed by atoms with Gasteiger partial charge in [-0.25, -0.2) is 0 Å². The Labute approximate surface area is 131 Å². The lowest BCUT2D eigenvalue weighted by atomic mass is 10.0. The smallest absolute Gasteiger partial charge is 0.250 e. The average Bonchev–Trinajstić information content (AvgIpc) is 2.56. The van der Waals surface area contributed by atoms with Crippen LogP contribution in [0.3, 0.4) is 0 Å². The van der Waals surface area contributed by atoms with E-state index in [1.165, 1.54) is 0 Å². The summed E-state index contributed by atoms with van der Waals surface area (Å²) in [5, 5.41) is 12.8. The van der Waals surface area contributed by atoms with Crippen LogP contribution < -0.4 is 11.1 Å². The van der Waals surface area contributed by atoms with E-state index in [2.05, 4.69) is 10.2 Å². The van der Waals surface area contributed by atoms with E-state index in [1.54, 1.807) is 0 Å². The van der Waals surface area contributed by atoms with Crippen LogP contribution in [0.15, 0.2) is 30.3 Å². The highest BCUT2D eigenvalue weighted by Gasteiger charge is 2.23. The summed E-state index contributed by atoms with van der Waals surface area (Å²) in [4.78, 5) is 14.2. The SMILES string of the molecule is N[C@@H](Cc1ccccc1)[C@@H](O)C(=O)NCCN1CCOCC1. The molecule has 6 heteroatoms. The zero-order valence-electron chi connectivity index (χ0n) is 12.8. The fourth-order valence-electron chi connectivity index (χ4n) is 2.46. The first-order valence-corrected chi connectivity index (χ1v) is 7.72. The van der Waals surface area contributed by atoms with Crippen molar-refractivity contribution in [2.75, 3.05) is 39.4 Å². The van der Waals surface area contributed by atoms with Gasteiger partial charge in [-0.3, -0.25) is 9.69 Å². The lowest BCUT2D eigenvalue weighted by Crippen LogP contribution is -2.49. The van der Waals surface area contributed by atoms with Crippen molar-refractivity contribution in [2.45, 2.75) is 18.6 Å². The predicted octanol–water partition coefficient (Wildman–Crippen LogP) is -0.634. The van der Waals surface area contributed by atoms with E-state index < -0.39 is 18.1 Å². The third-order valence-electron chi connectivity index (χ3n) is 3.82. The Morgan fingerprint density at radius 3 is 2.68 bits per heavy atom. The molecule has 0 aliphatic carbocycles. The first kappa shape index (κ1) is 16.9. The number of nitrogens with zero attached hydrogens (tertiary/aromatic N) is 1. The molecule has 0 bridgehead atoms. The Balaban J connectivity index is 1.69. The third kappa shape index (κ3) is 5.38. The number of rotatable bonds is 7. The van der Waals surface area contributed by atoms with E-state index in [4.69, 9.17) is 10.5 Å². The van der Waals surface area contributed by atoms with Crippen molar-refractivity contribution in [2.24, 2.45) is 5.73 Å². The molecule has 1 aliphatic heterocycles. The standard InChI is InChI=1S/C16H25N3O3/c17-14(12-13-4-2-1-3-5-13)15(20)16(21)18-6-7-19-8-10-22-11-9-19/h1-5,14-15,20H,6-12,17H2,(H,18,21)/t14-,15+/m0/s1. The molecule has 1 fully saturated rings. The summed E-state index contributed by atoms with van der Waals surface area (Å²) in [6.07, 6.45) is -0.719. The van der Waals surface area contributed by atoms with Crippen molar-refractivity contribution in [3.05, 3.63) is 35.9 Å². The number of benzene rings is 1. The van der Waals surface area contributed by atoms with Gasteiger partial charge in [0.2, 0.25) is 0 Å². The Bertz CT molecular complexity index is 449. The summed E-state index contributed by atoms with van der Waals surface area (Å²) in [5.74, 6) is -0.406. The quantitative estimate of drug-likeness (QED) is 0.624. The second-order valence-corrected chi connectivity index (χ2v) is 5.54. The van der Waals surface area contributed by atoms with Crippen molar-refractivity contribution in [1.82, 2.24) is 10.2 Å². The summed E-state index contributed by atoms with van der Waals surface area (Å²) in [6, 6.07) is 9.01. The number of morpholine rings is 1. The van der Waals surface area contributed by atoms with Crippen molar-refractivity contribution < 1.29 is 14.6 Å². The monoisotopic (exact) mass is 307 g/mol. The molecule has 1 aromatic rings. The molecule has 0 spiro atoms. The molecule has 2 atom stereocenters. The maximum absolute atomic E-state index is 11.9. The Morgan fingerprint density at radius 2 is 2.00 bits per heavy atom. The molecule has 1 amide bonds. The molecule has 0 saturated carbocycles. The van der Waals surface area contributed by atoms with E-state index in [1.807, 2.05) is 30.3 Å². The number of carbonyl (C=O) groups excluding carboxylic acids is 1. The van der Waals surface area contributed by atoms with Gasteiger partial charge in [-0.15, -0.1) is 0 Å². The minimum Gasteiger partial charge on any atom is -0.382 e. The van der Waals surface area contributed by atoms with Gasteiger partial charge in [0.15, 0.2) is 0 Å². The molecule has 0 unspecified atom stereocenters. The molecule has 2 rings (SSSR count). The highest BCUT2D eigenvalue weighted by molar-refractivity contribution is 5.81. The molecule has 0 radical (unpaired) electrons. The number of aliphatic hydroxyl groups is 1. The van der Waals surface area contributed by atoms with Crippen LogP contribution in [0.4, 0.5) is 0 Å². The highest BCUT2D eigenvalue weighted by atomic mass is 16.5. The van der Waals surface area contributed by atoms with E-state index in [-0.39, 0.29) is 0 Å². The fraction of sp³-hybridized carbons (Fsp3) is 0.562. The van der Waals surface area contributed by atoms with Crippen LogP contribution in [0.25, 0.3) is 0 Å². The van der Waals surface area contributed by atoms with Crippen molar-refractivity contribution in [3.8, 4) is 0 Å². The minimum atomic E-state index is -1.19. The zero-order chi connectivity index (χ0) is 15.8. The molecule has 0 aromatic heterocycles. The molecule has 4 N–H and O–H groups in total. The van der Waals surface area contributed by atoms with Gasteiger partial charge in [-0.05, 0) is 12.0 Å². The summed E-state index contributed by atoms with van der Waals surface area (Å²) in [6.45, 7) is 4.50. The molecular formula is C16H25N3O3. The van der Waals surface area contributed by atoms with Gasteiger partial charge in [0.25, 0.3) is 5.91 Å². The van der Waals surface area contributed by atoms with E-state index >= 15 is 0 Å². The molecule has 122 valence electrons. The van der Waals surface area contributed by atoms with E-state index in [0.717, 1.165) is 38.4 Å². The third-order valence-corrected chi connectivity index (χ3v) is 3.82. The second-order valence-electron chi connectivity index (χ2n) is 5.54. The van der Waals surface area contributed by atoms with Crippen LogP contribution in [0.2, 0.25) is 0 Å². The average molecular weight is 307 g/mol. The number of nitrogens with two attached hydrogens (primary N) is 1. The van der Waals surface area contributed by atoms with E-state index in [9.17, 15) is 9.90 Å². The topological polar surface area (TPSA) is 87.8 Å². The molecule has 1 aliphatic rings. The van der Waals surface area contributed by atoms with Gasteiger partial charge in [0, 0.05) is 32.2 Å². The largest absolute Gasteiger partial charge is 0.382 e. The van der Waals surface area contributed by atoms with Gasteiger partial charge in [0.05, 0.1) is 13.2 Å². The summed E-state index contributed by atoms with van der Waals surface area (Å²) in [7, 11) is 0. The summed E-state index contributed by atoms with van der Waals surface area (Å²) < 4.78 is 5.27. The minimum absolute atomic E-state index is 0.406. The van der Waals surface area contributed by atoms with E-state index in [0.29, 0.717) is 13.0 Å². The number of ether oxygens (including phenoxy) is 1. The van der Waals surface area contributed by atoms with Crippen LogP contribution in [-0.4, -0.2) is 67.5 Å². The first-order valence-electron chi connectivity index (χ1n) is 7.72. The van der Waals surface area contributed by atoms with Crippen LogP contribution >= 0.6 is 0 Å². The molecule has 22 heavy (non-hydrogen) atoms. The second kappa shape index (κ2) is 8.85. The number of aliphatic hydroxyl groups excluding tert-OH is 1. The molecule has 1 aromatic carbocycles. The zero-order valence-corrected chi connectivity index (χ0v) is 12.8. The Hall–Kier alpha value is -1.47. The van der Waals surface area contributed by atoms with Crippen LogP contribution in [-0.2, 0) is 16.0 Å². The summed E-state index contributed by atoms with van der Waals surface area (Å²) in [5.41, 5.74) is 6.94. The number of nitrogens with one attached hydrogen (secondary N) is 1. The van der Waals surface area contributed by atoms with Crippen molar-refractivity contribution in [1.29, 1.82) is 0 Å². The number of hydrogen-bond acceptors (Lipinski definition) is 5. The summed E-state index contributed by atoms with van der Waals surface area (Å²) >= 11 is 0. The number of carbonyl (C=O) groups is 1. The van der Waals surface area contributed by atoms with Gasteiger partial charge >= 0.3 is 0 Å². The van der Waals surface area contributed by atoms with Crippen molar-refractivity contribution in [3.63, 3.8) is 0 Å². The fourth-order valence-corrected chi connectivity index (χ4v) is 2.46. The van der Waals surface area contributed by atoms with Crippen LogP contribution in [0.1, 0.15) is 5.56 Å². The number of hydrogen-bond donors (Lipinski definition) is 3. The molecule has 1 heterocycles. The maximum atomic E-state index is 11.9. The van der Waals surface area contributed by atoms with Gasteiger partial charge in [-0.1, -0.05) is 30.3 Å². The molecule has 6 nitrogen and oxygen atoms in total. The molecular weight excluding hydrogens is 282 g/mol. The number of amides is 1. The lowest BCUT2D eigenvalue weighted by Gasteiger charge is -2.27.